The van der Waals surface area contributed by atoms with Crippen molar-refractivity contribution >= 4 is 34.2 Å². The molecule has 0 radical (unpaired) electrons. The minimum Gasteiger partial charge on any atom is -0.365 e. The number of thiophene rings is 1. The Kier molecular flexibility index (Phi) is 5.47. The maximum Gasteiger partial charge on any atom is 0.319 e. The van der Waals surface area contributed by atoms with E-state index in [4.69, 9.17) is 5.73 Å². The number of hydrogen-bond acceptors (Lipinski definition) is 5. The highest BCUT2D eigenvalue weighted by atomic mass is 32.1. The smallest absolute Gasteiger partial charge is 0.319 e. The van der Waals surface area contributed by atoms with E-state index >= 15 is 0 Å². The SMILES string of the molecule is CN(C)C(=O)N1CCN(CC(=O)Nc2sc3c(c2C(N)=O)CCC3)CC1. The number of anilines is 1. The van der Waals surface area contributed by atoms with Gasteiger partial charge in [-0.2, -0.15) is 0 Å². The van der Waals surface area contributed by atoms with Gasteiger partial charge in [0, 0.05) is 45.2 Å². The number of rotatable bonds is 4. The molecule has 26 heavy (non-hydrogen) atoms. The first-order valence-electron chi connectivity index (χ1n) is 8.79. The monoisotopic (exact) mass is 379 g/mol. The average molecular weight is 379 g/mol. The molecule has 8 nitrogen and oxygen atoms in total. The van der Waals surface area contributed by atoms with Crippen LogP contribution in [0.3, 0.4) is 0 Å². The van der Waals surface area contributed by atoms with E-state index in [0.29, 0.717) is 36.7 Å². The minimum atomic E-state index is -0.476. The Morgan fingerprint density at radius 2 is 1.85 bits per heavy atom. The number of nitrogens with one attached hydrogen (secondary N) is 1. The van der Waals surface area contributed by atoms with Crippen LogP contribution in [-0.4, -0.2) is 79.4 Å². The van der Waals surface area contributed by atoms with E-state index in [1.165, 1.54) is 11.3 Å². The molecule has 0 saturated carbocycles. The quantitative estimate of drug-likeness (QED) is 0.799. The van der Waals surface area contributed by atoms with Crippen LogP contribution in [0.4, 0.5) is 9.80 Å². The van der Waals surface area contributed by atoms with E-state index in [2.05, 4.69) is 5.32 Å². The summed E-state index contributed by atoms with van der Waals surface area (Å²) in [7, 11) is 3.47. The molecule has 0 aromatic carbocycles. The zero-order chi connectivity index (χ0) is 18.8. The molecule has 0 spiro atoms. The molecule has 2 aliphatic rings. The van der Waals surface area contributed by atoms with Gasteiger partial charge in [0.2, 0.25) is 5.91 Å². The Bertz CT molecular complexity index is 722. The third-order valence-electron chi connectivity index (χ3n) is 4.81. The van der Waals surface area contributed by atoms with Gasteiger partial charge in [0.1, 0.15) is 5.00 Å². The van der Waals surface area contributed by atoms with Crippen molar-refractivity contribution in [2.45, 2.75) is 19.3 Å². The van der Waals surface area contributed by atoms with Gasteiger partial charge in [0.25, 0.3) is 5.91 Å². The summed E-state index contributed by atoms with van der Waals surface area (Å²) < 4.78 is 0. The maximum atomic E-state index is 12.4. The molecule has 9 heteroatoms. The number of aryl methyl sites for hydroxylation is 1. The van der Waals surface area contributed by atoms with Crippen molar-refractivity contribution in [2.75, 3.05) is 52.1 Å². The van der Waals surface area contributed by atoms with Gasteiger partial charge in [-0.3, -0.25) is 14.5 Å². The van der Waals surface area contributed by atoms with Gasteiger partial charge in [0.15, 0.2) is 0 Å². The highest BCUT2D eigenvalue weighted by molar-refractivity contribution is 7.17. The van der Waals surface area contributed by atoms with Crippen molar-refractivity contribution in [3.63, 3.8) is 0 Å². The van der Waals surface area contributed by atoms with Crippen molar-refractivity contribution in [3.8, 4) is 0 Å². The molecule has 0 unspecified atom stereocenters. The summed E-state index contributed by atoms with van der Waals surface area (Å²) in [6.07, 6.45) is 2.82. The first-order chi connectivity index (χ1) is 12.4. The fraction of sp³-hybridized carbons (Fsp3) is 0.588. The predicted molar refractivity (Wildman–Crippen MR) is 101 cm³/mol. The normalized spacial score (nSPS) is 17.1. The summed E-state index contributed by atoms with van der Waals surface area (Å²) in [6, 6.07) is -0.00620. The van der Waals surface area contributed by atoms with Crippen LogP contribution >= 0.6 is 11.3 Å². The molecule has 1 saturated heterocycles. The van der Waals surface area contributed by atoms with Crippen LogP contribution in [0.1, 0.15) is 27.2 Å². The molecule has 2 heterocycles. The van der Waals surface area contributed by atoms with Crippen molar-refractivity contribution < 1.29 is 14.4 Å². The number of piperazine rings is 1. The van der Waals surface area contributed by atoms with E-state index in [1.807, 2.05) is 4.90 Å². The molecule has 0 atom stereocenters. The highest BCUT2D eigenvalue weighted by Gasteiger charge is 2.27. The second-order valence-electron chi connectivity index (χ2n) is 6.91. The Hall–Kier alpha value is -2.13. The number of nitrogens with zero attached hydrogens (tertiary/aromatic N) is 3. The maximum absolute atomic E-state index is 12.4. The molecule has 1 aromatic heterocycles. The first-order valence-corrected chi connectivity index (χ1v) is 9.61. The second kappa shape index (κ2) is 7.63. The number of fused-ring (bicyclic) bond motifs is 1. The van der Waals surface area contributed by atoms with Gasteiger partial charge in [-0.1, -0.05) is 0 Å². The van der Waals surface area contributed by atoms with Gasteiger partial charge < -0.3 is 20.9 Å². The largest absolute Gasteiger partial charge is 0.365 e. The molecule has 1 aliphatic heterocycles. The lowest BCUT2D eigenvalue weighted by atomic mass is 10.1. The van der Waals surface area contributed by atoms with Crippen LogP contribution in [0.15, 0.2) is 0 Å². The summed E-state index contributed by atoms with van der Waals surface area (Å²) in [5, 5.41) is 3.45. The third kappa shape index (κ3) is 3.83. The van der Waals surface area contributed by atoms with Gasteiger partial charge >= 0.3 is 6.03 Å². The van der Waals surface area contributed by atoms with E-state index in [1.54, 1.807) is 23.9 Å². The summed E-state index contributed by atoms with van der Waals surface area (Å²) >= 11 is 1.47. The fourth-order valence-electron chi connectivity index (χ4n) is 3.50. The molecular formula is C17H25N5O3S. The zero-order valence-corrected chi connectivity index (χ0v) is 16.0. The molecule has 3 N–H and O–H groups in total. The van der Waals surface area contributed by atoms with Crippen molar-refractivity contribution in [1.82, 2.24) is 14.7 Å². The Morgan fingerprint density at radius 1 is 1.15 bits per heavy atom. The van der Waals surface area contributed by atoms with Crippen molar-refractivity contribution in [3.05, 3.63) is 16.0 Å². The Balaban J connectivity index is 1.56. The molecule has 142 valence electrons. The van der Waals surface area contributed by atoms with Crippen LogP contribution in [0.5, 0.6) is 0 Å². The van der Waals surface area contributed by atoms with Crippen LogP contribution in [0.2, 0.25) is 0 Å². The number of primary amides is 1. The standard InChI is InChI=1S/C17H25N5O3S/c1-20(2)17(25)22-8-6-21(7-9-22)10-13(23)19-16-14(15(18)24)11-4-3-5-12(11)26-16/h3-10H2,1-2H3,(H2,18,24)(H,19,23). The van der Waals surface area contributed by atoms with Crippen molar-refractivity contribution in [1.29, 1.82) is 0 Å². The highest BCUT2D eigenvalue weighted by Crippen LogP contribution is 2.38. The number of nitrogens with two attached hydrogens (primary N) is 1. The number of urea groups is 1. The molecule has 1 aromatic rings. The van der Waals surface area contributed by atoms with Gasteiger partial charge in [-0.25, -0.2) is 4.79 Å². The molecule has 0 bridgehead atoms. The van der Waals surface area contributed by atoms with Crippen LogP contribution < -0.4 is 11.1 Å². The van der Waals surface area contributed by atoms with Crippen LogP contribution in [-0.2, 0) is 17.6 Å². The number of carbonyl (C=O) groups is 3. The van der Waals surface area contributed by atoms with Gasteiger partial charge in [-0.05, 0) is 24.8 Å². The summed E-state index contributed by atoms with van der Waals surface area (Å²) in [4.78, 5) is 42.7. The molecule has 1 aliphatic carbocycles. The van der Waals surface area contributed by atoms with Crippen LogP contribution in [0.25, 0.3) is 0 Å². The predicted octanol–water partition coefficient (Wildman–Crippen LogP) is 0.573. The number of amides is 4. The minimum absolute atomic E-state index is 0.00620. The van der Waals surface area contributed by atoms with Crippen LogP contribution in [0, 0.1) is 0 Å². The lowest BCUT2D eigenvalue weighted by Gasteiger charge is -2.35. The number of hydrogen-bond donors (Lipinski definition) is 2. The van der Waals surface area contributed by atoms with Crippen molar-refractivity contribution in [2.24, 2.45) is 5.73 Å². The lowest BCUT2D eigenvalue weighted by Crippen LogP contribution is -2.52. The van der Waals surface area contributed by atoms with Gasteiger partial charge in [0.05, 0.1) is 12.1 Å². The second-order valence-corrected chi connectivity index (χ2v) is 8.02. The summed E-state index contributed by atoms with van der Waals surface area (Å²) in [5.74, 6) is -0.629. The van der Waals surface area contributed by atoms with E-state index in [-0.39, 0.29) is 18.5 Å². The lowest BCUT2D eigenvalue weighted by molar-refractivity contribution is -0.117. The fourth-order valence-corrected chi connectivity index (χ4v) is 4.81. The van der Waals surface area contributed by atoms with E-state index in [0.717, 1.165) is 29.7 Å². The Morgan fingerprint density at radius 3 is 2.46 bits per heavy atom. The van der Waals surface area contributed by atoms with E-state index < -0.39 is 5.91 Å². The van der Waals surface area contributed by atoms with E-state index in [9.17, 15) is 14.4 Å². The third-order valence-corrected chi connectivity index (χ3v) is 6.02. The van der Waals surface area contributed by atoms with Gasteiger partial charge in [-0.15, -0.1) is 11.3 Å². The zero-order valence-electron chi connectivity index (χ0n) is 15.2. The summed E-state index contributed by atoms with van der Waals surface area (Å²) in [6.45, 7) is 2.74. The topological polar surface area (TPSA) is 99.0 Å². The molecule has 3 rings (SSSR count). The molecule has 1 fully saturated rings. The summed E-state index contributed by atoms with van der Waals surface area (Å²) in [5.41, 5.74) is 7.02. The Labute approximate surface area is 156 Å². The number of carbonyl (C=O) groups excluding carboxylic acids is 3. The molecular weight excluding hydrogens is 354 g/mol. The molecule has 4 amide bonds. The average Bonchev–Trinajstić information content (AvgIpc) is 3.14. The first kappa shape index (κ1) is 18.7.